The molecule has 0 aromatic heterocycles. The Bertz CT molecular complexity index is 725. The van der Waals surface area contributed by atoms with Crippen LogP contribution in [0.2, 0.25) is 0 Å². The molecule has 1 nitrogen and oxygen atoms in total. The van der Waals surface area contributed by atoms with Gasteiger partial charge in [-0.05, 0) is 74.0 Å². The summed E-state index contributed by atoms with van der Waals surface area (Å²) in [5.74, 6) is 0.623. The van der Waals surface area contributed by atoms with Crippen molar-refractivity contribution in [3.05, 3.63) is 60.2 Å². The van der Waals surface area contributed by atoms with E-state index in [2.05, 4.69) is 54.6 Å². The Morgan fingerprint density at radius 3 is 2.00 bits per heavy atom. The van der Waals surface area contributed by atoms with Crippen molar-refractivity contribution in [2.45, 2.75) is 75.0 Å². The molecule has 0 aliphatic heterocycles. The highest BCUT2D eigenvalue weighted by Gasteiger charge is 2.41. The molecule has 0 amide bonds. The fourth-order valence-corrected chi connectivity index (χ4v) is 7.29. The van der Waals surface area contributed by atoms with Gasteiger partial charge < -0.3 is 0 Å². The molecular weight excluding hydrogens is 335 g/mol. The zero-order valence-corrected chi connectivity index (χ0v) is 16.5. The SMILES string of the molecule is O=[P+](C1CCCCC1)C1CCC(c2ccccc2-c2ccccc2)CC1. The number of hydrogen-bond donors (Lipinski definition) is 0. The van der Waals surface area contributed by atoms with Crippen molar-refractivity contribution in [2.24, 2.45) is 0 Å². The van der Waals surface area contributed by atoms with Crippen LogP contribution in [0.25, 0.3) is 11.1 Å². The molecule has 2 aromatic rings. The van der Waals surface area contributed by atoms with Crippen LogP contribution in [0.1, 0.15) is 69.3 Å². The lowest BCUT2D eigenvalue weighted by Crippen LogP contribution is -2.20. The topological polar surface area (TPSA) is 17.1 Å². The van der Waals surface area contributed by atoms with E-state index in [9.17, 15) is 4.57 Å². The zero-order valence-electron chi connectivity index (χ0n) is 15.6. The maximum absolute atomic E-state index is 13.0. The van der Waals surface area contributed by atoms with Crippen LogP contribution in [-0.2, 0) is 4.57 Å². The molecule has 2 saturated carbocycles. The second-order valence-corrected chi connectivity index (χ2v) is 10.3. The Labute approximate surface area is 159 Å². The smallest absolute Gasteiger partial charge is 0.0742 e. The van der Waals surface area contributed by atoms with E-state index in [4.69, 9.17) is 0 Å². The summed E-state index contributed by atoms with van der Waals surface area (Å²) in [5.41, 5.74) is 5.20. The molecule has 0 N–H and O–H groups in total. The summed E-state index contributed by atoms with van der Waals surface area (Å²) in [6, 6.07) is 19.7. The molecule has 26 heavy (non-hydrogen) atoms. The average molecular weight is 365 g/mol. The van der Waals surface area contributed by atoms with E-state index >= 15 is 0 Å². The van der Waals surface area contributed by atoms with Crippen LogP contribution in [0.5, 0.6) is 0 Å². The fourth-order valence-electron chi connectivity index (χ4n) is 5.01. The summed E-state index contributed by atoms with van der Waals surface area (Å²) in [6.07, 6.45) is 11.1. The van der Waals surface area contributed by atoms with Crippen LogP contribution < -0.4 is 0 Å². The lowest BCUT2D eigenvalue weighted by Gasteiger charge is -2.27. The molecule has 2 aliphatic rings. The van der Waals surface area contributed by atoms with Crippen LogP contribution in [0.15, 0.2) is 54.6 Å². The first kappa shape index (κ1) is 17.9. The van der Waals surface area contributed by atoms with E-state index in [0.29, 0.717) is 17.2 Å². The molecule has 0 saturated heterocycles. The third-order valence-electron chi connectivity index (χ3n) is 6.48. The van der Waals surface area contributed by atoms with Crippen molar-refractivity contribution in [1.82, 2.24) is 0 Å². The number of hydrogen-bond acceptors (Lipinski definition) is 1. The minimum Gasteiger partial charge on any atom is -0.0742 e. The summed E-state index contributed by atoms with van der Waals surface area (Å²) in [5, 5.41) is 0. The van der Waals surface area contributed by atoms with E-state index in [1.165, 1.54) is 61.6 Å². The predicted molar refractivity (Wildman–Crippen MR) is 111 cm³/mol. The van der Waals surface area contributed by atoms with Crippen LogP contribution >= 0.6 is 7.80 Å². The minimum atomic E-state index is -1.01. The molecule has 0 heterocycles. The van der Waals surface area contributed by atoms with Gasteiger partial charge in [-0.3, -0.25) is 0 Å². The summed E-state index contributed by atoms with van der Waals surface area (Å²) < 4.78 is 13.0. The molecule has 0 bridgehead atoms. The Morgan fingerprint density at radius 1 is 0.654 bits per heavy atom. The van der Waals surface area contributed by atoms with E-state index in [-0.39, 0.29) is 0 Å². The lowest BCUT2D eigenvalue weighted by atomic mass is 9.80. The highest BCUT2D eigenvalue weighted by atomic mass is 31.1. The van der Waals surface area contributed by atoms with Gasteiger partial charge in [0, 0.05) is 0 Å². The minimum absolute atomic E-state index is 0.480. The molecular formula is C24H30OP+. The van der Waals surface area contributed by atoms with Crippen molar-refractivity contribution < 1.29 is 4.57 Å². The van der Waals surface area contributed by atoms with Crippen LogP contribution in [-0.4, -0.2) is 11.3 Å². The first-order chi connectivity index (χ1) is 12.8. The van der Waals surface area contributed by atoms with Crippen molar-refractivity contribution >= 4 is 7.80 Å². The van der Waals surface area contributed by atoms with Gasteiger partial charge in [0.2, 0.25) is 0 Å². The summed E-state index contributed by atoms with van der Waals surface area (Å²) in [6.45, 7) is 0. The van der Waals surface area contributed by atoms with Gasteiger partial charge in [-0.25, -0.2) is 0 Å². The number of benzene rings is 2. The normalized spacial score (nSPS) is 25.0. The Morgan fingerprint density at radius 2 is 1.27 bits per heavy atom. The van der Waals surface area contributed by atoms with Crippen molar-refractivity contribution in [2.75, 3.05) is 0 Å². The van der Waals surface area contributed by atoms with E-state index in [0.717, 1.165) is 12.8 Å². The first-order valence-corrected chi connectivity index (χ1v) is 11.8. The molecule has 1 atom stereocenters. The van der Waals surface area contributed by atoms with Crippen molar-refractivity contribution in [3.8, 4) is 11.1 Å². The largest absolute Gasteiger partial charge is 0.344 e. The van der Waals surface area contributed by atoms with Crippen LogP contribution in [0.3, 0.4) is 0 Å². The van der Waals surface area contributed by atoms with Crippen molar-refractivity contribution in [3.63, 3.8) is 0 Å². The third-order valence-corrected chi connectivity index (χ3v) is 8.95. The highest BCUT2D eigenvalue weighted by Crippen LogP contribution is 2.50. The van der Waals surface area contributed by atoms with E-state index < -0.39 is 7.80 Å². The first-order valence-electron chi connectivity index (χ1n) is 10.4. The fraction of sp³-hybridized carbons (Fsp3) is 0.500. The van der Waals surface area contributed by atoms with Gasteiger partial charge in [-0.15, -0.1) is 0 Å². The molecule has 1 unspecified atom stereocenters. The highest BCUT2D eigenvalue weighted by molar-refractivity contribution is 7.46. The molecule has 2 fully saturated rings. The predicted octanol–water partition coefficient (Wildman–Crippen LogP) is 7.54. The molecule has 0 radical (unpaired) electrons. The molecule has 136 valence electrons. The van der Waals surface area contributed by atoms with Crippen LogP contribution in [0.4, 0.5) is 0 Å². The van der Waals surface area contributed by atoms with Crippen molar-refractivity contribution in [1.29, 1.82) is 0 Å². The van der Waals surface area contributed by atoms with E-state index in [1.54, 1.807) is 0 Å². The molecule has 2 aliphatic carbocycles. The summed E-state index contributed by atoms with van der Waals surface area (Å²) in [4.78, 5) is 0. The van der Waals surface area contributed by atoms with Gasteiger partial charge >= 0.3 is 7.80 Å². The van der Waals surface area contributed by atoms with Gasteiger partial charge in [-0.1, -0.05) is 65.6 Å². The standard InChI is InChI=1S/C24H30OP/c25-26(21-11-5-2-6-12-21)22-17-15-20(16-18-22)24-14-8-7-13-23(24)19-9-3-1-4-10-19/h1,3-4,7-10,13-14,20-22H,2,5-6,11-12,15-18H2/q+1. The van der Waals surface area contributed by atoms with E-state index in [1.807, 2.05) is 0 Å². The Kier molecular flexibility index (Phi) is 5.85. The molecule has 2 heteroatoms. The molecule has 0 spiro atoms. The Hall–Kier alpha value is -1.46. The number of rotatable bonds is 4. The van der Waals surface area contributed by atoms with Gasteiger partial charge in [0.1, 0.15) is 0 Å². The second kappa shape index (κ2) is 8.49. The Balaban J connectivity index is 1.45. The maximum atomic E-state index is 13.0. The third kappa shape index (κ3) is 3.94. The van der Waals surface area contributed by atoms with Gasteiger partial charge in [-0.2, -0.15) is 0 Å². The van der Waals surface area contributed by atoms with Crippen LogP contribution in [0, 0.1) is 0 Å². The van der Waals surface area contributed by atoms with Gasteiger partial charge in [0.05, 0.1) is 0 Å². The zero-order chi connectivity index (χ0) is 17.8. The van der Waals surface area contributed by atoms with Gasteiger partial charge in [0.15, 0.2) is 11.3 Å². The monoisotopic (exact) mass is 365 g/mol. The summed E-state index contributed by atoms with van der Waals surface area (Å²) in [7, 11) is -1.01. The molecule has 2 aromatic carbocycles. The lowest BCUT2D eigenvalue weighted by molar-refractivity contribution is 0.428. The average Bonchev–Trinajstić information content (AvgIpc) is 2.75. The molecule has 4 rings (SSSR count). The maximum Gasteiger partial charge on any atom is 0.344 e. The van der Waals surface area contributed by atoms with Gasteiger partial charge in [0.25, 0.3) is 0 Å². The quantitative estimate of drug-likeness (QED) is 0.511. The second-order valence-electron chi connectivity index (χ2n) is 8.11. The summed E-state index contributed by atoms with van der Waals surface area (Å²) >= 11 is 0.